The van der Waals surface area contributed by atoms with Crippen LogP contribution in [0, 0.1) is 32.6 Å². The number of aryl methyl sites for hydroxylation is 3. The number of benzene rings is 1. The van der Waals surface area contributed by atoms with Gasteiger partial charge in [0.15, 0.2) is 0 Å². The minimum atomic E-state index is -0.253. The second-order valence-electron chi connectivity index (χ2n) is 7.82. The van der Waals surface area contributed by atoms with Crippen molar-refractivity contribution in [2.24, 2.45) is 11.8 Å². The number of carbonyl (C=O) groups excluding carboxylic acids is 3. The molecule has 2 N–H and O–H groups in total. The van der Waals surface area contributed by atoms with Gasteiger partial charge in [0.05, 0.1) is 12.5 Å². The summed E-state index contributed by atoms with van der Waals surface area (Å²) < 4.78 is 0. The fraction of sp³-hybridized carbons (Fsp3) is 0.571. The van der Waals surface area contributed by atoms with Crippen LogP contribution in [0.5, 0.6) is 0 Å². The number of piperidine rings is 1. The number of carbonyl (C=O) groups is 3. The molecular formula is C21H31N3O3. The Morgan fingerprint density at radius 2 is 1.78 bits per heavy atom. The Morgan fingerprint density at radius 3 is 2.37 bits per heavy atom. The van der Waals surface area contributed by atoms with Crippen molar-refractivity contribution < 1.29 is 14.4 Å². The first kappa shape index (κ1) is 20.9. The minimum absolute atomic E-state index is 0.0692. The van der Waals surface area contributed by atoms with E-state index in [9.17, 15) is 14.4 Å². The number of hydrogen-bond donors (Lipinski definition) is 2. The van der Waals surface area contributed by atoms with Crippen molar-refractivity contribution in [3.05, 3.63) is 28.8 Å². The lowest BCUT2D eigenvalue weighted by Gasteiger charge is -2.33. The molecule has 6 heteroatoms. The summed E-state index contributed by atoms with van der Waals surface area (Å²) in [5, 5.41) is 5.61. The first-order valence-corrected chi connectivity index (χ1v) is 9.63. The molecule has 6 nitrogen and oxygen atoms in total. The van der Waals surface area contributed by atoms with Gasteiger partial charge >= 0.3 is 0 Å². The van der Waals surface area contributed by atoms with Crippen molar-refractivity contribution in [2.45, 2.75) is 47.5 Å². The number of rotatable bonds is 5. The molecule has 1 fully saturated rings. The molecule has 0 radical (unpaired) electrons. The Bertz CT molecular complexity index is 704. The molecule has 1 saturated heterocycles. The van der Waals surface area contributed by atoms with Crippen LogP contribution in [-0.4, -0.2) is 42.3 Å². The summed E-state index contributed by atoms with van der Waals surface area (Å²) in [5.74, 6) is -0.653. The number of nitrogens with zero attached hydrogens (tertiary/aromatic N) is 1. The van der Waals surface area contributed by atoms with E-state index in [1.54, 1.807) is 4.90 Å². The zero-order valence-electron chi connectivity index (χ0n) is 17.0. The van der Waals surface area contributed by atoms with Gasteiger partial charge in [-0.2, -0.15) is 0 Å². The maximum atomic E-state index is 12.4. The second kappa shape index (κ2) is 9.02. The first-order chi connectivity index (χ1) is 12.7. The summed E-state index contributed by atoms with van der Waals surface area (Å²) in [5.41, 5.74) is 3.95. The van der Waals surface area contributed by atoms with Crippen LogP contribution in [0.3, 0.4) is 0 Å². The van der Waals surface area contributed by atoms with Crippen LogP contribution in [0.25, 0.3) is 0 Å². The highest BCUT2D eigenvalue weighted by molar-refractivity contribution is 5.96. The van der Waals surface area contributed by atoms with Crippen LogP contribution in [0.1, 0.15) is 43.4 Å². The van der Waals surface area contributed by atoms with E-state index in [1.807, 2.05) is 46.8 Å². The summed E-state index contributed by atoms with van der Waals surface area (Å²) in [7, 11) is 0. The fourth-order valence-corrected chi connectivity index (χ4v) is 3.63. The number of amides is 3. The SMILES string of the molecule is Cc1cc(C)c(NC(=O)CNC(=O)C2CCCN(C(=O)C(C)C)C2)c(C)c1. The smallest absolute Gasteiger partial charge is 0.243 e. The lowest BCUT2D eigenvalue weighted by atomic mass is 9.96. The van der Waals surface area contributed by atoms with Crippen molar-refractivity contribution in [1.29, 1.82) is 0 Å². The molecule has 1 heterocycles. The monoisotopic (exact) mass is 373 g/mol. The molecule has 1 unspecified atom stereocenters. The second-order valence-corrected chi connectivity index (χ2v) is 7.82. The normalized spacial score (nSPS) is 17.0. The van der Waals surface area contributed by atoms with Crippen molar-refractivity contribution in [2.75, 3.05) is 25.0 Å². The van der Waals surface area contributed by atoms with Crippen LogP contribution in [0.15, 0.2) is 12.1 Å². The lowest BCUT2D eigenvalue weighted by molar-refractivity contribution is -0.138. The average molecular weight is 373 g/mol. The molecule has 148 valence electrons. The molecule has 1 aromatic rings. The van der Waals surface area contributed by atoms with Crippen LogP contribution in [0.4, 0.5) is 5.69 Å². The maximum Gasteiger partial charge on any atom is 0.243 e. The zero-order chi connectivity index (χ0) is 20.1. The summed E-state index contributed by atoms with van der Waals surface area (Å²) in [6.45, 7) is 10.7. The largest absolute Gasteiger partial charge is 0.347 e. The molecular weight excluding hydrogens is 342 g/mol. The molecule has 0 saturated carbocycles. The van der Waals surface area contributed by atoms with Gasteiger partial charge in [-0.25, -0.2) is 0 Å². The lowest BCUT2D eigenvalue weighted by Crippen LogP contribution is -2.47. The van der Waals surface area contributed by atoms with Gasteiger partial charge < -0.3 is 15.5 Å². The van der Waals surface area contributed by atoms with Crippen molar-refractivity contribution >= 4 is 23.4 Å². The summed E-state index contributed by atoms with van der Waals surface area (Å²) in [6, 6.07) is 4.03. The minimum Gasteiger partial charge on any atom is -0.347 e. The third-order valence-corrected chi connectivity index (χ3v) is 4.96. The van der Waals surface area contributed by atoms with E-state index < -0.39 is 0 Å². The highest BCUT2D eigenvalue weighted by atomic mass is 16.2. The van der Waals surface area contributed by atoms with Gasteiger partial charge in [0.2, 0.25) is 17.7 Å². The first-order valence-electron chi connectivity index (χ1n) is 9.63. The quantitative estimate of drug-likeness (QED) is 0.833. The third-order valence-electron chi connectivity index (χ3n) is 4.96. The Kier molecular flexibility index (Phi) is 6.99. The molecule has 2 rings (SSSR count). The Hall–Kier alpha value is -2.37. The molecule has 0 bridgehead atoms. The molecule has 1 atom stereocenters. The van der Waals surface area contributed by atoms with E-state index in [0.29, 0.717) is 13.1 Å². The maximum absolute atomic E-state index is 12.4. The number of likely N-dealkylation sites (tertiary alicyclic amines) is 1. The standard InChI is InChI=1S/C21H31N3O3/c1-13(2)21(27)24-8-6-7-17(12-24)20(26)22-11-18(25)23-19-15(4)9-14(3)10-16(19)5/h9-10,13,17H,6-8,11-12H2,1-5H3,(H,22,26)(H,23,25). The molecule has 0 aliphatic carbocycles. The van der Waals surface area contributed by atoms with Crippen molar-refractivity contribution in [3.63, 3.8) is 0 Å². The summed E-state index contributed by atoms with van der Waals surface area (Å²) in [4.78, 5) is 38.6. The van der Waals surface area contributed by atoms with Crippen molar-refractivity contribution in [3.8, 4) is 0 Å². The molecule has 0 spiro atoms. The third kappa shape index (κ3) is 5.55. The molecule has 0 aromatic heterocycles. The highest BCUT2D eigenvalue weighted by Gasteiger charge is 2.29. The van der Waals surface area contributed by atoms with Crippen LogP contribution >= 0.6 is 0 Å². The van der Waals surface area contributed by atoms with Gasteiger partial charge in [0.25, 0.3) is 0 Å². The molecule has 1 aliphatic heterocycles. The van der Waals surface area contributed by atoms with E-state index in [0.717, 1.165) is 35.2 Å². The van der Waals surface area contributed by atoms with Gasteiger partial charge in [-0.05, 0) is 44.7 Å². The van der Waals surface area contributed by atoms with Crippen LogP contribution in [0.2, 0.25) is 0 Å². The van der Waals surface area contributed by atoms with Gasteiger partial charge in [-0.3, -0.25) is 14.4 Å². The summed E-state index contributed by atoms with van der Waals surface area (Å²) >= 11 is 0. The Labute approximate surface area is 161 Å². The van der Waals surface area contributed by atoms with Crippen LogP contribution < -0.4 is 10.6 Å². The van der Waals surface area contributed by atoms with Crippen LogP contribution in [-0.2, 0) is 14.4 Å². The zero-order valence-corrected chi connectivity index (χ0v) is 17.0. The summed E-state index contributed by atoms with van der Waals surface area (Å²) in [6.07, 6.45) is 1.55. The van der Waals surface area contributed by atoms with Gasteiger partial charge in [-0.1, -0.05) is 31.5 Å². The molecule has 1 aromatic carbocycles. The van der Waals surface area contributed by atoms with E-state index in [4.69, 9.17) is 0 Å². The van der Waals surface area contributed by atoms with E-state index in [1.165, 1.54) is 0 Å². The number of anilines is 1. The van der Waals surface area contributed by atoms with Gasteiger partial charge in [-0.15, -0.1) is 0 Å². The van der Waals surface area contributed by atoms with E-state index in [2.05, 4.69) is 10.6 Å². The predicted molar refractivity (Wildman–Crippen MR) is 106 cm³/mol. The molecule has 27 heavy (non-hydrogen) atoms. The van der Waals surface area contributed by atoms with E-state index in [-0.39, 0.29) is 36.1 Å². The molecule has 1 aliphatic rings. The topological polar surface area (TPSA) is 78.5 Å². The Morgan fingerprint density at radius 1 is 1.15 bits per heavy atom. The number of nitrogens with one attached hydrogen (secondary N) is 2. The van der Waals surface area contributed by atoms with Crippen molar-refractivity contribution in [1.82, 2.24) is 10.2 Å². The Balaban J connectivity index is 1.88. The highest BCUT2D eigenvalue weighted by Crippen LogP contribution is 2.22. The van der Waals surface area contributed by atoms with Gasteiger partial charge in [0, 0.05) is 24.7 Å². The molecule has 3 amide bonds. The van der Waals surface area contributed by atoms with Gasteiger partial charge in [0.1, 0.15) is 0 Å². The average Bonchev–Trinajstić information content (AvgIpc) is 2.62. The fourth-order valence-electron chi connectivity index (χ4n) is 3.63. The number of hydrogen-bond acceptors (Lipinski definition) is 3. The van der Waals surface area contributed by atoms with E-state index >= 15 is 0 Å². The predicted octanol–water partition coefficient (Wildman–Crippen LogP) is 2.56.